The number of rotatable bonds is 9. The highest BCUT2D eigenvalue weighted by Gasteiger charge is 2.13. The van der Waals surface area contributed by atoms with Gasteiger partial charge in [0.05, 0.1) is 11.6 Å². The lowest BCUT2D eigenvalue weighted by molar-refractivity contribution is -0.118. The molecule has 0 aliphatic rings. The van der Waals surface area contributed by atoms with Crippen molar-refractivity contribution >= 4 is 44.8 Å². The molecule has 3 aromatic rings. The van der Waals surface area contributed by atoms with Gasteiger partial charge in [0.15, 0.2) is 11.5 Å². The molecule has 0 unspecified atom stereocenters. The molecule has 2 N–H and O–H groups in total. The first-order chi connectivity index (χ1) is 15.4. The maximum Gasteiger partial charge on any atom is 0.226 e. The fourth-order valence-corrected chi connectivity index (χ4v) is 3.78. The Kier molecular flexibility index (Phi) is 8.42. The van der Waals surface area contributed by atoms with Crippen LogP contribution in [0.15, 0.2) is 65.1 Å². The van der Waals surface area contributed by atoms with Gasteiger partial charge in [-0.05, 0) is 75.6 Å². The zero-order chi connectivity index (χ0) is 23.1. The van der Waals surface area contributed by atoms with E-state index < -0.39 is 0 Å². The number of amides is 1. The Morgan fingerprint density at radius 2 is 1.75 bits per heavy atom. The van der Waals surface area contributed by atoms with E-state index in [1.54, 1.807) is 7.11 Å². The fourth-order valence-electron chi connectivity index (χ4n) is 2.96. The Hall–Kier alpha value is -2.70. The molecule has 0 bridgehead atoms. The van der Waals surface area contributed by atoms with Gasteiger partial charge in [-0.1, -0.05) is 37.6 Å². The van der Waals surface area contributed by atoms with Gasteiger partial charge in [-0.25, -0.2) is 0 Å². The third-order valence-corrected chi connectivity index (χ3v) is 5.56. The third-order valence-electron chi connectivity index (χ3n) is 4.73. The van der Waals surface area contributed by atoms with Crippen LogP contribution in [0, 0.1) is 5.92 Å². The first-order valence-corrected chi connectivity index (χ1v) is 11.4. The molecule has 0 aliphatic carbocycles. The summed E-state index contributed by atoms with van der Waals surface area (Å²) in [6.45, 7) is 4.71. The fraction of sp³-hybridized carbons (Fsp3) is 0.240. The Morgan fingerprint density at radius 3 is 2.41 bits per heavy atom. The summed E-state index contributed by atoms with van der Waals surface area (Å²) in [7, 11) is 1.62. The monoisotopic (exact) mass is 516 g/mol. The molecular formula is C25H26BrClN2O3. The minimum absolute atomic E-state index is 0.000301. The molecule has 0 heterocycles. The summed E-state index contributed by atoms with van der Waals surface area (Å²) in [5, 5.41) is 6.94. The van der Waals surface area contributed by atoms with Gasteiger partial charge in [0, 0.05) is 28.9 Å². The van der Waals surface area contributed by atoms with Crippen molar-refractivity contribution in [3.63, 3.8) is 0 Å². The van der Waals surface area contributed by atoms with Crippen molar-refractivity contribution in [2.24, 2.45) is 5.92 Å². The SMILES string of the molecule is COc1cc(CNc2ccc(NC(=O)C(C)C)cc2)cc(Br)c1OCc1cccc(Cl)c1. The average Bonchev–Trinajstić information content (AvgIpc) is 2.77. The highest BCUT2D eigenvalue weighted by Crippen LogP contribution is 2.37. The van der Waals surface area contributed by atoms with Crippen molar-refractivity contribution in [3.8, 4) is 11.5 Å². The van der Waals surface area contributed by atoms with Crippen LogP contribution in [-0.2, 0) is 17.9 Å². The van der Waals surface area contributed by atoms with Crippen molar-refractivity contribution < 1.29 is 14.3 Å². The molecule has 0 fully saturated rings. The molecule has 0 spiro atoms. The molecule has 0 aliphatic heterocycles. The molecule has 3 aromatic carbocycles. The molecule has 0 atom stereocenters. The second-order valence-electron chi connectivity index (χ2n) is 7.60. The Labute approximate surface area is 202 Å². The van der Waals surface area contributed by atoms with E-state index in [2.05, 4.69) is 26.6 Å². The second kappa shape index (κ2) is 11.2. The Bertz CT molecular complexity index is 1070. The van der Waals surface area contributed by atoms with Crippen LogP contribution in [0.1, 0.15) is 25.0 Å². The van der Waals surface area contributed by atoms with E-state index in [1.807, 2.05) is 74.5 Å². The number of halogens is 2. The van der Waals surface area contributed by atoms with E-state index in [1.165, 1.54) is 0 Å². The molecule has 0 saturated carbocycles. The van der Waals surface area contributed by atoms with Gasteiger partial charge in [0.25, 0.3) is 0 Å². The maximum atomic E-state index is 11.8. The van der Waals surface area contributed by atoms with Gasteiger partial charge in [0.1, 0.15) is 6.61 Å². The van der Waals surface area contributed by atoms with Crippen LogP contribution in [0.2, 0.25) is 5.02 Å². The molecule has 0 radical (unpaired) electrons. The topological polar surface area (TPSA) is 59.6 Å². The van der Waals surface area contributed by atoms with Crippen molar-refractivity contribution in [1.29, 1.82) is 0 Å². The Balaban J connectivity index is 1.63. The number of nitrogens with one attached hydrogen (secondary N) is 2. The lowest BCUT2D eigenvalue weighted by Gasteiger charge is -2.15. The molecule has 5 nitrogen and oxygen atoms in total. The van der Waals surface area contributed by atoms with Crippen LogP contribution < -0.4 is 20.1 Å². The average molecular weight is 518 g/mol. The van der Waals surface area contributed by atoms with Crippen molar-refractivity contribution in [3.05, 3.63) is 81.3 Å². The van der Waals surface area contributed by atoms with Crippen LogP contribution in [0.5, 0.6) is 11.5 Å². The van der Waals surface area contributed by atoms with Gasteiger partial charge >= 0.3 is 0 Å². The second-order valence-corrected chi connectivity index (χ2v) is 8.89. The number of carbonyl (C=O) groups is 1. The lowest BCUT2D eigenvalue weighted by Crippen LogP contribution is -2.17. The molecule has 32 heavy (non-hydrogen) atoms. The van der Waals surface area contributed by atoms with Gasteiger partial charge in [-0.2, -0.15) is 0 Å². The third kappa shape index (κ3) is 6.65. The van der Waals surface area contributed by atoms with Crippen LogP contribution in [0.3, 0.4) is 0 Å². The predicted molar refractivity (Wildman–Crippen MR) is 134 cm³/mol. The summed E-state index contributed by atoms with van der Waals surface area (Å²) in [4.78, 5) is 11.8. The van der Waals surface area contributed by atoms with Crippen LogP contribution >= 0.6 is 27.5 Å². The normalized spacial score (nSPS) is 10.7. The highest BCUT2D eigenvalue weighted by molar-refractivity contribution is 9.10. The summed E-state index contributed by atoms with van der Waals surface area (Å²) in [6.07, 6.45) is 0. The van der Waals surface area contributed by atoms with E-state index in [-0.39, 0.29) is 11.8 Å². The largest absolute Gasteiger partial charge is 0.493 e. The highest BCUT2D eigenvalue weighted by atomic mass is 79.9. The molecule has 7 heteroatoms. The number of hydrogen-bond acceptors (Lipinski definition) is 4. The molecule has 1 amide bonds. The van der Waals surface area contributed by atoms with E-state index >= 15 is 0 Å². The van der Waals surface area contributed by atoms with Gasteiger partial charge in [0.2, 0.25) is 5.91 Å². The quantitative estimate of drug-likeness (QED) is 0.324. The predicted octanol–water partition coefficient (Wildman–Crippen LogP) is 6.90. The molecule has 0 saturated heterocycles. The van der Waals surface area contributed by atoms with E-state index in [0.29, 0.717) is 29.7 Å². The number of hydrogen-bond donors (Lipinski definition) is 2. The zero-order valence-corrected chi connectivity index (χ0v) is 20.6. The summed E-state index contributed by atoms with van der Waals surface area (Å²) in [6, 6.07) is 19.1. The minimum atomic E-state index is -0.0568. The summed E-state index contributed by atoms with van der Waals surface area (Å²) in [5.41, 5.74) is 3.73. The van der Waals surface area contributed by atoms with Crippen molar-refractivity contribution in [2.75, 3.05) is 17.7 Å². The summed E-state index contributed by atoms with van der Waals surface area (Å²) in [5.74, 6) is 1.23. The standard InChI is InChI=1S/C25H26BrClN2O3/c1-16(2)25(30)29-21-9-7-20(8-10-21)28-14-18-12-22(26)24(23(13-18)31-3)32-15-17-5-4-6-19(27)11-17/h4-13,16,28H,14-15H2,1-3H3,(H,29,30). The van der Waals surface area contributed by atoms with E-state index in [0.717, 1.165) is 27.0 Å². The molecular weight excluding hydrogens is 492 g/mol. The molecule has 168 valence electrons. The zero-order valence-electron chi connectivity index (χ0n) is 18.2. The first kappa shape index (κ1) is 24.0. The number of carbonyl (C=O) groups excluding carboxylic acids is 1. The van der Waals surface area contributed by atoms with Crippen LogP contribution in [0.4, 0.5) is 11.4 Å². The minimum Gasteiger partial charge on any atom is -0.493 e. The number of methoxy groups -OCH3 is 1. The van der Waals surface area contributed by atoms with Gasteiger partial charge < -0.3 is 20.1 Å². The number of anilines is 2. The maximum absolute atomic E-state index is 11.8. The molecule has 0 aromatic heterocycles. The Morgan fingerprint density at radius 1 is 1.03 bits per heavy atom. The van der Waals surface area contributed by atoms with Crippen molar-refractivity contribution in [2.45, 2.75) is 27.0 Å². The van der Waals surface area contributed by atoms with Crippen LogP contribution in [0.25, 0.3) is 0 Å². The summed E-state index contributed by atoms with van der Waals surface area (Å²) >= 11 is 9.65. The molecule has 3 rings (SSSR count). The summed E-state index contributed by atoms with van der Waals surface area (Å²) < 4.78 is 12.4. The van der Waals surface area contributed by atoms with E-state index in [9.17, 15) is 4.79 Å². The van der Waals surface area contributed by atoms with Crippen molar-refractivity contribution in [1.82, 2.24) is 0 Å². The van der Waals surface area contributed by atoms with E-state index in [4.69, 9.17) is 21.1 Å². The lowest BCUT2D eigenvalue weighted by atomic mass is 10.2. The number of benzene rings is 3. The van der Waals surface area contributed by atoms with Crippen LogP contribution in [-0.4, -0.2) is 13.0 Å². The van der Waals surface area contributed by atoms with Gasteiger partial charge in [-0.3, -0.25) is 4.79 Å². The number of ether oxygens (including phenoxy) is 2. The smallest absolute Gasteiger partial charge is 0.226 e. The first-order valence-electron chi connectivity index (χ1n) is 10.2. The van der Waals surface area contributed by atoms with Gasteiger partial charge in [-0.15, -0.1) is 0 Å².